The molecule has 1 aliphatic heterocycles. The fourth-order valence-corrected chi connectivity index (χ4v) is 4.39. The van der Waals surface area contributed by atoms with Crippen molar-refractivity contribution < 1.29 is 9.59 Å². The van der Waals surface area contributed by atoms with Crippen LogP contribution in [0.3, 0.4) is 0 Å². The number of hydrogen-bond donors (Lipinski definition) is 2. The summed E-state index contributed by atoms with van der Waals surface area (Å²) in [6.07, 6.45) is 0.320. The summed E-state index contributed by atoms with van der Waals surface area (Å²) in [4.78, 5) is 54.0. The zero-order chi connectivity index (χ0) is 21.8. The van der Waals surface area contributed by atoms with E-state index in [0.717, 1.165) is 34.7 Å². The number of benzene rings is 2. The Kier molecular flexibility index (Phi) is 6.22. The van der Waals surface area contributed by atoms with E-state index in [2.05, 4.69) is 10.3 Å². The lowest BCUT2D eigenvalue weighted by atomic mass is 10.1. The first-order valence-corrected chi connectivity index (χ1v) is 11.1. The Morgan fingerprint density at radius 2 is 1.71 bits per heavy atom. The molecule has 4 rings (SSSR count). The number of rotatable bonds is 5. The number of anilines is 1. The number of nitrogens with zero attached hydrogens (tertiary/aromatic N) is 2. The molecule has 1 aromatic heterocycles. The summed E-state index contributed by atoms with van der Waals surface area (Å²) in [5.74, 6) is 1.56. The van der Waals surface area contributed by atoms with Crippen LogP contribution in [0.4, 0.5) is 5.69 Å². The monoisotopic (exact) mass is 438 g/mol. The van der Waals surface area contributed by atoms with Crippen LogP contribution in [0.2, 0.25) is 0 Å². The molecule has 0 spiro atoms. The highest BCUT2D eigenvalue weighted by Gasteiger charge is 2.17. The van der Waals surface area contributed by atoms with Crippen LogP contribution in [0.25, 0.3) is 10.9 Å². The molecular weight excluding hydrogens is 416 g/mol. The van der Waals surface area contributed by atoms with Crippen LogP contribution >= 0.6 is 11.8 Å². The van der Waals surface area contributed by atoms with Crippen LogP contribution in [0, 0.1) is 0 Å². The topological polar surface area (TPSA) is 104 Å². The Morgan fingerprint density at radius 1 is 1.00 bits per heavy atom. The first-order chi connectivity index (χ1) is 15.0. The van der Waals surface area contributed by atoms with Gasteiger partial charge in [0.25, 0.3) is 5.56 Å². The van der Waals surface area contributed by atoms with Gasteiger partial charge in [0.15, 0.2) is 0 Å². The molecular formula is C22H22N4O4S. The highest BCUT2D eigenvalue weighted by Crippen LogP contribution is 2.14. The number of nitrogens with one attached hydrogen (secondary N) is 2. The fourth-order valence-electron chi connectivity index (χ4n) is 3.49. The van der Waals surface area contributed by atoms with Gasteiger partial charge in [0, 0.05) is 30.3 Å². The van der Waals surface area contributed by atoms with Crippen LogP contribution < -0.4 is 16.6 Å². The summed E-state index contributed by atoms with van der Waals surface area (Å²) in [5.41, 5.74) is 0.676. The van der Waals surface area contributed by atoms with Crippen LogP contribution in [0.15, 0.2) is 58.1 Å². The van der Waals surface area contributed by atoms with E-state index in [1.165, 1.54) is 0 Å². The Morgan fingerprint density at radius 3 is 2.45 bits per heavy atom. The third kappa shape index (κ3) is 4.88. The van der Waals surface area contributed by atoms with Gasteiger partial charge in [0.1, 0.15) is 6.54 Å². The zero-order valence-electron chi connectivity index (χ0n) is 16.8. The van der Waals surface area contributed by atoms with Crippen molar-refractivity contribution in [1.82, 2.24) is 14.5 Å². The lowest BCUT2D eigenvalue weighted by molar-refractivity contribution is -0.130. The van der Waals surface area contributed by atoms with Crippen molar-refractivity contribution in [2.75, 3.05) is 29.9 Å². The third-order valence-corrected chi connectivity index (χ3v) is 6.09. The van der Waals surface area contributed by atoms with Gasteiger partial charge in [-0.25, -0.2) is 4.79 Å². The standard InChI is InChI=1S/C22H22N4O4S/c27-19(14-26-21(29)17-3-1-2-4-18(17)24-22(26)30)23-16-7-5-15(6-8-16)13-20(28)25-9-11-31-12-10-25/h1-8H,9-14H2,(H,23,27)(H,24,30). The summed E-state index contributed by atoms with van der Waals surface area (Å²) < 4.78 is 0.877. The van der Waals surface area contributed by atoms with Gasteiger partial charge in [-0.15, -0.1) is 0 Å². The molecule has 9 heteroatoms. The molecule has 0 saturated carbocycles. The minimum absolute atomic E-state index is 0.104. The number of amides is 2. The highest BCUT2D eigenvalue weighted by molar-refractivity contribution is 7.99. The van der Waals surface area contributed by atoms with Gasteiger partial charge in [0.2, 0.25) is 11.8 Å². The SMILES string of the molecule is O=C(Cn1c(=O)[nH]c2ccccc2c1=O)Nc1ccc(CC(=O)N2CCSCC2)cc1. The molecule has 31 heavy (non-hydrogen) atoms. The number of fused-ring (bicyclic) bond motifs is 1. The maximum absolute atomic E-state index is 12.5. The Labute approximate surface area is 182 Å². The van der Waals surface area contributed by atoms with E-state index in [9.17, 15) is 19.2 Å². The number of carbonyl (C=O) groups is 2. The van der Waals surface area contributed by atoms with Gasteiger partial charge in [-0.2, -0.15) is 11.8 Å². The normalized spacial score (nSPS) is 13.9. The molecule has 8 nitrogen and oxygen atoms in total. The molecule has 160 valence electrons. The van der Waals surface area contributed by atoms with Gasteiger partial charge >= 0.3 is 5.69 Å². The predicted molar refractivity (Wildman–Crippen MR) is 122 cm³/mol. The van der Waals surface area contributed by atoms with E-state index in [1.807, 2.05) is 16.7 Å². The maximum atomic E-state index is 12.5. The predicted octanol–water partition coefficient (Wildman–Crippen LogP) is 1.45. The molecule has 2 heterocycles. The molecule has 2 N–H and O–H groups in total. The number of hydrogen-bond acceptors (Lipinski definition) is 5. The molecule has 2 amide bonds. The lowest BCUT2D eigenvalue weighted by Crippen LogP contribution is -2.38. The molecule has 0 radical (unpaired) electrons. The summed E-state index contributed by atoms with van der Waals surface area (Å²) in [5, 5.41) is 3.03. The van der Waals surface area contributed by atoms with Crippen LogP contribution in [-0.4, -0.2) is 50.9 Å². The van der Waals surface area contributed by atoms with E-state index in [1.54, 1.807) is 48.5 Å². The minimum Gasteiger partial charge on any atom is -0.341 e. The number of carbonyl (C=O) groups excluding carboxylic acids is 2. The Hall–Kier alpha value is -3.33. The number of thioether (sulfide) groups is 1. The van der Waals surface area contributed by atoms with Crippen molar-refractivity contribution >= 4 is 40.2 Å². The third-order valence-electron chi connectivity index (χ3n) is 5.15. The van der Waals surface area contributed by atoms with E-state index in [4.69, 9.17) is 0 Å². The van der Waals surface area contributed by atoms with Crippen molar-refractivity contribution in [3.8, 4) is 0 Å². The smallest absolute Gasteiger partial charge is 0.329 e. The molecule has 3 aromatic rings. The van der Waals surface area contributed by atoms with Gasteiger partial charge in [-0.05, 0) is 29.8 Å². The van der Waals surface area contributed by atoms with Crippen molar-refractivity contribution in [1.29, 1.82) is 0 Å². The highest BCUT2D eigenvalue weighted by atomic mass is 32.2. The van der Waals surface area contributed by atoms with Crippen LogP contribution in [0.1, 0.15) is 5.56 Å². The molecule has 2 aromatic carbocycles. The van der Waals surface area contributed by atoms with E-state index >= 15 is 0 Å². The summed E-state index contributed by atoms with van der Waals surface area (Å²) in [6, 6.07) is 13.7. The van der Waals surface area contributed by atoms with Crippen molar-refractivity contribution in [3.63, 3.8) is 0 Å². The molecule has 1 saturated heterocycles. The van der Waals surface area contributed by atoms with E-state index < -0.39 is 23.7 Å². The second kappa shape index (κ2) is 9.22. The second-order valence-electron chi connectivity index (χ2n) is 7.28. The van der Waals surface area contributed by atoms with Crippen molar-refractivity contribution in [2.45, 2.75) is 13.0 Å². The Balaban J connectivity index is 1.40. The minimum atomic E-state index is -0.635. The van der Waals surface area contributed by atoms with E-state index in [0.29, 0.717) is 23.0 Å². The fraction of sp³-hybridized carbons (Fsp3) is 0.273. The molecule has 1 aliphatic rings. The molecule has 0 bridgehead atoms. The first kappa shape index (κ1) is 20.9. The molecule has 0 atom stereocenters. The van der Waals surface area contributed by atoms with Crippen LogP contribution in [-0.2, 0) is 22.6 Å². The molecule has 0 unspecified atom stereocenters. The first-order valence-electron chi connectivity index (χ1n) is 9.97. The van der Waals surface area contributed by atoms with Gasteiger partial charge in [-0.1, -0.05) is 24.3 Å². The quantitative estimate of drug-likeness (QED) is 0.627. The Bertz CT molecular complexity index is 1230. The second-order valence-corrected chi connectivity index (χ2v) is 8.51. The van der Waals surface area contributed by atoms with Gasteiger partial charge in [-0.3, -0.25) is 19.0 Å². The largest absolute Gasteiger partial charge is 0.341 e. The lowest BCUT2D eigenvalue weighted by Gasteiger charge is -2.26. The molecule has 0 aliphatic carbocycles. The number of aromatic amines is 1. The van der Waals surface area contributed by atoms with E-state index in [-0.39, 0.29) is 5.91 Å². The molecule has 1 fully saturated rings. The summed E-state index contributed by atoms with van der Waals surface area (Å²) in [6.45, 7) is 1.17. The number of H-pyrrole nitrogens is 1. The summed E-state index contributed by atoms with van der Waals surface area (Å²) >= 11 is 1.86. The maximum Gasteiger partial charge on any atom is 0.329 e. The van der Waals surface area contributed by atoms with Gasteiger partial charge < -0.3 is 15.2 Å². The summed E-state index contributed by atoms with van der Waals surface area (Å²) in [7, 11) is 0. The zero-order valence-corrected chi connectivity index (χ0v) is 17.6. The van der Waals surface area contributed by atoms with Crippen LogP contribution in [0.5, 0.6) is 0 Å². The average molecular weight is 439 g/mol. The number of aromatic nitrogens is 2. The number of para-hydroxylation sites is 1. The van der Waals surface area contributed by atoms with Crippen molar-refractivity contribution in [2.24, 2.45) is 0 Å². The van der Waals surface area contributed by atoms with Crippen molar-refractivity contribution in [3.05, 3.63) is 74.9 Å². The average Bonchev–Trinajstić information content (AvgIpc) is 2.78. The van der Waals surface area contributed by atoms with Gasteiger partial charge in [0.05, 0.1) is 17.3 Å².